The summed E-state index contributed by atoms with van der Waals surface area (Å²) >= 11 is 0. The number of anilines is 3. The summed E-state index contributed by atoms with van der Waals surface area (Å²) in [7, 11) is -2.97. The van der Waals surface area contributed by atoms with Crippen molar-refractivity contribution in [2.75, 3.05) is 100 Å². The van der Waals surface area contributed by atoms with E-state index in [4.69, 9.17) is 14.2 Å². The molecule has 10 rings (SSSR count). The summed E-state index contributed by atoms with van der Waals surface area (Å²) in [5, 5.41) is 2.54. The molecule has 5 aromatic rings. The SMILES string of the molecule is COCCOCC(=O)OCn1cc(C(=O)c2c(F)ccc(NS(=O)(=O)N3CC[C@@H](F)C3)c2F)c2cc(-c3ccc(N4CCN(CC5CCN(c6ccc7c(c6)CN(C6CCC(=O)NC6=O)C7=O)CC5)CC4)cc3)cnc21. The van der Waals surface area contributed by atoms with E-state index < -0.39 is 76.2 Å². The van der Waals surface area contributed by atoms with E-state index in [0.717, 1.165) is 97.6 Å². The number of methoxy groups -OCH3 is 1. The number of nitrogens with zero attached hydrogens (tertiary/aromatic N) is 7. The maximum Gasteiger partial charge on any atom is 0.333 e. The van der Waals surface area contributed by atoms with E-state index >= 15 is 8.78 Å². The van der Waals surface area contributed by atoms with Crippen LogP contribution in [0.2, 0.25) is 0 Å². The number of hydrogen-bond donors (Lipinski definition) is 2. The van der Waals surface area contributed by atoms with E-state index in [9.17, 15) is 36.8 Å². The van der Waals surface area contributed by atoms with Gasteiger partial charge in [-0.1, -0.05) is 12.1 Å². The van der Waals surface area contributed by atoms with Crippen molar-refractivity contribution in [1.82, 2.24) is 29.0 Å². The molecule has 3 amide bonds. The molecule has 402 valence electrons. The van der Waals surface area contributed by atoms with Crippen molar-refractivity contribution in [3.63, 3.8) is 0 Å². The molecule has 19 nitrogen and oxygen atoms in total. The number of amides is 3. The van der Waals surface area contributed by atoms with Gasteiger partial charge in [0.2, 0.25) is 17.6 Å². The number of piperazine rings is 1. The number of alkyl halides is 1. The van der Waals surface area contributed by atoms with Crippen LogP contribution in [-0.2, 0) is 52.1 Å². The second-order valence-corrected chi connectivity index (χ2v) is 21.4. The Kier molecular flexibility index (Phi) is 15.4. The third-order valence-corrected chi connectivity index (χ3v) is 16.4. The van der Waals surface area contributed by atoms with Crippen LogP contribution in [0.15, 0.2) is 73.1 Å². The Hall–Kier alpha value is -6.92. The van der Waals surface area contributed by atoms with Gasteiger partial charge in [0.05, 0.1) is 30.0 Å². The minimum atomic E-state index is -4.45. The second kappa shape index (κ2) is 22.3. The number of piperidine rings is 2. The molecule has 0 bridgehead atoms. The van der Waals surface area contributed by atoms with E-state index in [1.165, 1.54) is 17.9 Å². The van der Waals surface area contributed by atoms with Crippen molar-refractivity contribution in [1.29, 1.82) is 0 Å². The lowest BCUT2D eigenvalue weighted by atomic mass is 9.95. The van der Waals surface area contributed by atoms with Gasteiger partial charge in [0.25, 0.3) is 5.91 Å². The summed E-state index contributed by atoms with van der Waals surface area (Å²) in [4.78, 5) is 77.7. The smallest absolute Gasteiger partial charge is 0.333 e. The predicted molar refractivity (Wildman–Crippen MR) is 273 cm³/mol. The Balaban J connectivity index is 0.779. The number of carbonyl (C=O) groups excluding carboxylic acids is 5. The van der Waals surface area contributed by atoms with Crippen LogP contribution in [-0.4, -0.2) is 160 Å². The number of rotatable bonds is 18. The van der Waals surface area contributed by atoms with Crippen LogP contribution in [0.3, 0.4) is 0 Å². The average molecular weight is 1070 g/mol. The molecule has 0 saturated carbocycles. The topological polar surface area (TPSA) is 205 Å². The highest BCUT2D eigenvalue weighted by molar-refractivity contribution is 7.90. The summed E-state index contributed by atoms with van der Waals surface area (Å²) in [6.07, 6.45) is 4.01. The number of nitrogens with one attached hydrogen (secondary N) is 2. The van der Waals surface area contributed by atoms with Gasteiger partial charge in [-0.2, -0.15) is 12.7 Å². The van der Waals surface area contributed by atoms with Gasteiger partial charge in [0.1, 0.15) is 30.3 Å². The molecular formula is C53H58F3N9O10S. The zero-order chi connectivity index (χ0) is 53.3. The highest BCUT2D eigenvalue weighted by Crippen LogP contribution is 2.35. The van der Waals surface area contributed by atoms with E-state index in [0.29, 0.717) is 30.0 Å². The largest absolute Gasteiger partial charge is 0.442 e. The molecule has 5 aliphatic rings. The normalized spacial score (nSPS) is 19.9. The van der Waals surface area contributed by atoms with Gasteiger partial charge in [-0.25, -0.2) is 22.9 Å². The maximum absolute atomic E-state index is 16.2. The first-order valence-electron chi connectivity index (χ1n) is 25.4. The molecule has 0 radical (unpaired) electrons. The molecule has 7 heterocycles. The molecule has 2 N–H and O–H groups in total. The average Bonchev–Trinajstić information content (AvgIpc) is 4.13. The molecule has 2 atom stereocenters. The Bertz CT molecular complexity index is 3160. The lowest BCUT2D eigenvalue weighted by Crippen LogP contribution is -2.52. The number of halogens is 3. The van der Waals surface area contributed by atoms with Crippen molar-refractivity contribution < 1.29 is 59.8 Å². The van der Waals surface area contributed by atoms with Crippen LogP contribution in [0.25, 0.3) is 22.2 Å². The lowest BCUT2D eigenvalue weighted by molar-refractivity contribution is -0.153. The van der Waals surface area contributed by atoms with E-state index in [-0.39, 0.29) is 67.6 Å². The number of pyridine rings is 1. The summed E-state index contributed by atoms with van der Waals surface area (Å²) in [5.41, 5.74) is 3.13. The van der Waals surface area contributed by atoms with Crippen molar-refractivity contribution in [3.05, 3.63) is 107 Å². The predicted octanol–water partition coefficient (Wildman–Crippen LogP) is 4.88. The third-order valence-electron chi connectivity index (χ3n) is 14.9. The van der Waals surface area contributed by atoms with Crippen LogP contribution in [0.1, 0.15) is 63.9 Å². The van der Waals surface area contributed by atoms with Crippen molar-refractivity contribution in [2.24, 2.45) is 5.92 Å². The van der Waals surface area contributed by atoms with Crippen LogP contribution in [0.4, 0.5) is 30.2 Å². The third kappa shape index (κ3) is 11.1. The number of benzene rings is 3. The summed E-state index contributed by atoms with van der Waals surface area (Å²) in [6, 6.07) is 16.4. The highest BCUT2D eigenvalue weighted by atomic mass is 32.2. The summed E-state index contributed by atoms with van der Waals surface area (Å²) in [5.74, 6) is -4.95. The molecule has 3 aromatic carbocycles. The standard InChI is InChI=1S/C53H58F3N9O10S/c1-73-22-23-74-31-47(67)75-32-63-30-42(50(68)48-43(55)8-9-44(49(48)56)59-76(71,72)64-17-14-37(54)29-64)41-25-35(26-57-51(41)63)34-2-4-38(5-3-34)62-20-18-60(19-21-62)27-33-12-15-61(16-13-33)39-6-7-40-36(24-39)28-65(53(40)70)45-10-11-46(66)58-52(45)69/h2-9,24-26,30,33,37,45,59H,10-23,27-29,31-32H2,1H3,(H,58,66,69)/t37-,45?/m1/s1. The number of ketones is 1. The molecule has 5 aliphatic heterocycles. The number of fused-ring (bicyclic) bond motifs is 2. The first-order chi connectivity index (χ1) is 36.6. The van der Waals surface area contributed by atoms with Gasteiger partial charge < -0.3 is 28.9 Å². The van der Waals surface area contributed by atoms with E-state index in [2.05, 4.69) is 31.1 Å². The molecule has 4 fully saturated rings. The monoisotopic (exact) mass is 1070 g/mol. The lowest BCUT2D eigenvalue weighted by Gasteiger charge is -2.40. The first kappa shape index (κ1) is 52.5. The molecule has 0 spiro atoms. The fraction of sp³-hybridized carbons (Fsp3) is 0.434. The van der Waals surface area contributed by atoms with Crippen molar-refractivity contribution in [3.8, 4) is 11.1 Å². The molecule has 1 unspecified atom stereocenters. The molecule has 76 heavy (non-hydrogen) atoms. The van der Waals surface area contributed by atoms with E-state index in [1.54, 1.807) is 17.2 Å². The van der Waals surface area contributed by atoms with Gasteiger partial charge in [0, 0.05) is 119 Å². The Morgan fingerprint density at radius 1 is 0.855 bits per heavy atom. The number of imide groups is 1. The summed E-state index contributed by atoms with van der Waals surface area (Å²) in [6.45, 7) is 5.58. The maximum atomic E-state index is 16.2. The van der Waals surface area contributed by atoms with Crippen LogP contribution >= 0.6 is 0 Å². The van der Waals surface area contributed by atoms with Crippen LogP contribution in [0, 0.1) is 17.6 Å². The van der Waals surface area contributed by atoms with Gasteiger partial charge in [0.15, 0.2) is 12.5 Å². The van der Waals surface area contributed by atoms with Gasteiger partial charge in [-0.05, 0) is 91.3 Å². The van der Waals surface area contributed by atoms with Crippen LogP contribution in [0.5, 0.6) is 0 Å². The number of esters is 1. The second-order valence-electron chi connectivity index (χ2n) is 19.8. The zero-order valence-electron chi connectivity index (χ0n) is 41.9. The van der Waals surface area contributed by atoms with Crippen LogP contribution < -0.4 is 19.8 Å². The minimum Gasteiger partial charge on any atom is -0.442 e. The number of aromatic nitrogens is 2. The number of ether oxygens (including phenoxy) is 3. The van der Waals surface area contributed by atoms with E-state index in [1.807, 2.05) is 41.1 Å². The molecular weight excluding hydrogens is 1010 g/mol. The quantitative estimate of drug-likeness (QED) is 0.0520. The van der Waals surface area contributed by atoms with Gasteiger partial charge >= 0.3 is 16.2 Å². The highest BCUT2D eigenvalue weighted by Gasteiger charge is 2.40. The minimum absolute atomic E-state index is 0.0386. The van der Waals surface area contributed by atoms with Crippen molar-refractivity contribution >= 4 is 67.8 Å². The fourth-order valence-corrected chi connectivity index (χ4v) is 12.0. The summed E-state index contributed by atoms with van der Waals surface area (Å²) < 4.78 is 91.5. The van der Waals surface area contributed by atoms with Crippen molar-refractivity contribution in [2.45, 2.75) is 57.6 Å². The van der Waals surface area contributed by atoms with Gasteiger partial charge in [-0.3, -0.25) is 38.7 Å². The first-order valence-corrected chi connectivity index (χ1v) is 26.8. The number of hydrogen-bond acceptors (Lipinski definition) is 14. The fourth-order valence-electron chi connectivity index (χ4n) is 10.7. The number of carbonyl (C=O) groups is 5. The molecule has 0 aliphatic carbocycles. The Labute approximate surface area is 437 Å². The molecule has 23 heteroatoms. The zero-order valence-corrected chi connectivity index (χ0v) is 42.7. The Morgan fingerprint density at radius 2 is 1.61 bits per heavy atom. The van der Waals surface area contributed by atoms with Gasteiger partial charge in [-0.15, -0.1) is 0 Å². The molecule has 4 saturated heterocycles. The molecule has 2 aromatic heterocycles. The Morgan fingerprint density at radius 3 is 2.33 bits per heavy atom.